The molecule has 0 heterocycles. The lowest BCUT2D eigenvalue weighted by Crippen LogP contribution is -2.51. The van der Waals surface area contributed by atoms with Crippen LogP contribution in [0.1, 0.15) is 428 Å². The van der Waals surface area contributed by atoms with Crippen LogP contribution in [-0.4, -0.2) is 75.5 Å². The molecule has 0 amide bonds. The van der Waals surface area contributed by atoms with E-state index in [4.69, 9.17) is 37.9 Å². The molecule has 1 aliphatic rings. The largest absolute Gasteiger partial charge is 0.508 e. The monoisotopic (exact) mass is 1330 g/mol. The van der Waals surface area contributed by atoms with Crippen LogP contribution in [-0.2, 0) is 37.9 Å². The van der Waals surface area contributed by atoms with Crippen molar-refractivity contribution < 1.29 is 57.1 Å². The number of hydrogen-bond acceptors (Lipinski definition) is 12. The van der Waals surface area contributed by atoms with E-state index in [1.54, 1.807) is 0 Å². The van der Waals surface area contributed by atoms with E-state index in [-0.39, 0.29) is 39.3 Å². The van der Waals surface area contributed by atoms with Gasteiger partial charge in [-0.2, -0.15) is 0 Å². The molecule has 0 aromatic carbocycles. The predicted molar refractivity (Wildman–Crippen MR) is 392 cm³/mol. The molecular weight excluding hydrogens is 1180 g/mol. The normalized spacial score (nSPS) is 15.7. The number of carbonyl (C=O) groups is 4. The van der Waals surface area contributed by atoms with Gasteiger partial charge in [0.15, 0.2) is 0 Å². The molecule has 0 aliphatic heterocycles. The van der Waals surface area contributed by atoms with E-state index in [0.717, 1.165) is 101 Å². The third-order valence-corrected chi connectivity index (χ3v) is 19.3. The number of carbonyl (C=O) groups excluding carboxylic acids is 4. The highest BCUT2D eigenvalue weighted by Gasteiger charge is 2.46. The summed E-state index contributed by atoms with van der Waals surface area (Å²) in [6.07, 6.45) is 60.3. The summed E-state index contributed by atoms with van der Waals surface area (Å²) in [7, 11) is 0. The van der Waals surface area contributed by atoms with Gasteiger partial charge in [-0.3, -0.25) is 0 Å². The third-order valence-electron chi connectivity index (χ3n) is 19.3. The summed E-state index contributed by atoms with van der Waals surface area (Å²) in [5.74, 6) is 3.24. The van der Waals surface area contributed by atoms with Crippen molar-refractivity contribution in [3.8, 4) is 0 Å². The highest BCUT2D eigenvalue weighted by molar-refractivity contribution is 5.63. The zero-order chi connectivity index (χ0) is 68.4. The summed E-state index contributed by atoms with van der Waals surface area (Å²) in [5, 5.41) is 0. The van der Waals surface area contributed by atoms with Crippen molar-refractivity contribution in [1.29, 1.82) is 0 Å². The standard InChI is InChI=1S/C82H156O12/c1-71(2)61-53-45-37-29-21-13-9-17-25-33-41-49-57-65-87-79(83)91-75-69-77(93-81(85)89-67-59-51-43-35-27-19-11-15-23-31-39-47-55-63-73(5)6)78(94-82(86)90-68-60-52-44-36-28-20-12-16-24-32-40-48-56-64-74(7)8)70-76(75)92-80(84)88-66-58-50-42-34-26-18-10-14-22-30-38-46-54-62-72(3)4/h71-78H,9-70H2,1-8H3. The van der Waals surface area contributed by atoms with Crippen LogP contribution in [0.4, 0.5) is 19.2 Å². The van der Waals surface area contributed by atoms with E-state index in [1.165, 1.54) is 257 Å². The van der Waals surface area contributed by atoms with Crippen molar-refractivity contribution >= 4 is 24.6 Å². The quantitative estimate of drug-likeness (QED) is 0.0325. The topological polar surface area (TPSA) is 142 Å². The van der Waals surface area contributed by atoms with E-state index >= 15 is 0 Å². The minimum atomic E-state index is -1.09. The van der Waals surface area contributed by atoms with Gasteiger partial charge in [-0.1, -0.05) is 389 Å². The average molecular weight is 1330 g/mol. The SMILES string of the molecule is CC(C)CCCCCCCCCCCCCCCOC(=O)OC1CC(OC(=O)OCCCCCCCCCCCCCCCC(C)C)C(OC(=O)OCCCCCCCCCCCCCCCC(C)C)CC1OC(=O)OCCCCCCCCCCCCCCCC(C)C. The summed E-state index contributed by atoms with van der Waals surface area (Å²) in [4.78, 5) is 53.6. The minimum Gasteiger partial charge on any atom is -0.434 e. The molecule has 0 bridgehead atoms. The van der Waals surface area contributed by atoms with Gasteiger partial charge >= 0.3 is 24.6 Å². The van der Waals surface area contributed by atoms with Gasteiger partial charge in [0.1, 0.15) is 24.4 Å². The van der Waals surface area contributed by atoms with Gasteiger partial charge in [0.25, 0.3) is 0 Å². The molecule has 0 radical (unpaired) electrons. The molecule has 556 valence electrons. The molecule has 0 saturated heterocycles. The molecule has 4 atom stereocenters. The Morgan fingerprint density at radius 2 is 0.319 bits per heavy atom. The molecule has 94 heavy (non-hydrogen) atoms. The van der Waals surface area contributed by atoms with Gasteiger partial charge in [-0.05, 0) is 49.4 Å². The van der Waals surface area contributed by atoms with Crippen molar-refractivity contribution in [2.24, 2.45) is 23.7 Å². The molecule has 0 aromatic heterocycles. The van der Waals surface area contributed by atoms with Crippen LogP contribution in [0.25, 0.3) is 0 Å². The number of hydrogen-bond donors (Lipinski definition) is 0. The van der Waals surface area contributed by atoms with Crippen LogP contribution in [0.5, 0.6) is 0 Å². The molecule has 0 N–H and O–H groups in total. The molecule has 4 unspecified atom stereocenters. The fourth-order valence-electron chi connectivity index (χ4n) is 13.2. The third kappa shape index (κ3) is 62.6. The lowest BCUT2D eigenvalue weighted by Gasteiger charge is -2.38. The van der Waals surface area contributed by atoms with Crippen molar-refractivity contribution in [2.75, 3.05) is 26.4 Å². The van der Waals surface area contributed by atoms with Crippen molar-refractivity contribution in [2.45, 2.75) is 452 Å². The Kier molecular flexibility index (Phi) is 63.8. The summed E-state index contributed by atoms with van der Waals surface area (Å²) < 4.78 is 46.0. The summed E-state index contributed by atoms with van der Waals surface area (Å²) in [6, 6.07) is 0. The Labute approximate surface area is 581 Å². The smallest absolute Gasteiger partial charge is 0.434 e. The van der Waals surface area contributed by atoms with Gasteiger partial charge in [0, 0.05) is 12.8 Å². The van der Waals surface area contributed by atoms with E-state index in [9.17, 15) is 19.2 Å². The van der Waals surface area contributed by atoms with E-state index < -0.39 is 49.0 Å². The molecule has 12 nitrogen and oxygen atoms in total. The fraction of sp³-hybridized carbons (Fsp3) is 0.951. The van der Waals surface area contributed by atoms with Crippen LogP contribution in [0.2, 0.25) is 0 Å². The van der Waals surface area contributed by atoms with Crippen molar-refractivity contribution in [3.05, 3.63) is 0 Å². The zero-order valence-electron chi connectivity index (χ0n) is 63.4. The van der Waals surface area contributed by atoms with Crippen molar-refractivity contribution in [3.63, 3.8) is 0 Å². The van der Waals surface area contributed by atoms with Crippen LogP contribution in [0.3, 0.4) is 0 Å². The maximum atomic E-state index is 13.4. The van der Waals surface area contributed by atoms with Crippen molar-refractivity contribution in [1.82, 2.24) is 0 Å². The first-order valence-corrected chi connectivity index (χ1v) is 41.1. The molecule has 1 saturated carbocycles. The van der Waals surface area contributed by atoms with Crippen LogP contribution >= 0.6 is 0 Å². The van der Waals surface area contributed by atoms with Gasteiger partial charge in [-0.25, -0.2) is 19.2 Å². The molecule has 1 aliphatic carbocycles. The van der Waals surface area contributed by atoms with Gasteiger partial charge < -0.3 is 37.9 Å². The summed E-state index contributed by atoms with van der Waals surface area (Å²) in [5.41, 5.74) is 0. The maximum Gasteiger partial charge on any atom is 0.508 e. The zero-order valence-corrected chi connectivity index (χ0v) is 63.4. The minimum absolute atomic E-state index is 0.131. The molecule has 0 spiro atoms. The van der Waals surface area contributed by atoms with Crippen LogP contribution < -0.4 is 0 Å². The Bertz CT molecular complexity index is 1420. The van der Waals surface area contributed by atoms with Crippen LogP contribution in [0, 0.1) is 23.7 Å². The highest BCUT2D eigenvalue weighted by Crippen LogP contribution is 2.31. The molecule has 0 aromatic rings. The Morgan fingerprint density at radius 3 is 0.447 bits per heavy atom. The lowest BCUT2D eigenvalue weighted by atomic mass is 9.89. The van der Waals surface area contributed by atoms with Gasteiger partial charge in [-0.15, -0.1) is 0 Å². The Hall–Kier alpha value is -2.92. The Morgan fingerprint density at radius 1 is 0.202 bits per heavy atom. The lowest BCUT2D eigenvalue weighted by molar-refractivity contribution is -0.142. The molecular formula is C82H156O12. The maximum absolute atomic E-state index is 13.4. The van der Waals surface area contributed by atoms with Crippen LogP contribution in [0.15, 0.2) is 0 Å². The number of rotatable bonds is 68. The van der Waals surface area contributed by atoms with E-state index in [0.29, 0.717) is 25.7 Å². The first kappa shape index (κ1) is 89.1. The highest BCUT2D eigenvalue weighted by atomic mass is 16.8. The average Bonchev–Trinajstić information content (AvgIpc) is 0.958. The summed E-state index contributed by atoms with van der Waals surface area (Å²) >= 11 is 0. The second-order valence-electron chi connectivity index (χ2n) is 30.6. The van der Waals surface area contributed by atoms with Gasteiger partial charge in [0.2, 0.25) is 0 Å². The fourth-order valence-corrected chi connectivity index (χ4v) is 13.2. The first-order chi connectivity index (χ1) is 45.8. The summed E-state index contributed by atoms with van der Waals surface area (Å²) in [6.45, 7) is 19.2. The Balaban J connectivity index is 2.83. The molecule has 12 heteroatoms. The second-order valence-corrected chi connectivity index (χ2v) is 30.6. The van der Waals surface area contributed by atoms with Gasteiger partial charge in [0.05, 0.1) is 26.4 Å². The first-order valence-electron chi connectivity index (χ1n) is 41.1. The number of unbranched alkanes of at least 4 members (excludes halogenated alkanes) is 48. The second kappa shape index (κ2) is 67.3. The predicted octanol–water partition coefficient (Wildman–Crippen LogP) is 27.3. The number of ether oxygens (including phenoxy) is 8. The van der Waals surface area contributed by atoms with E-state index in [2.05, 4.69) is 55.4 Å². The molecule has 1 fully saturated rings. The van der Waals surface area contributed by atoms with E-state index in [1.807, 2.05) is 0 Å². The molecule has 1 rings (SSSR count).